The fraction of sp³-hybridized carbons (Fsp3) is 0.542. The molecule has 0 radical (unpaired) electrons. The maximum atomic E-state index is 13.6. The molecule has 10 heteroatoms. The highest BCUT2D eigenvalue weighted by Gasteiger charge is 2.30. The average molecular weight is 475 g/mol. The molecule has 186 valence electrons. The summed E-state index contributed by atoms with van der Waals surface area (Å²) in [6, 6.07) is 7.20. The minimum absolute atomic E-state index is 0.00966. The molecule has 0 spiro atoms. The second kappa shape index (κ2) is 11.8. The quantitative estimate of drug-likeness (QED) is 0.510. The van der Waals surface area contributed by atoms with Crippen LogP contribution in [0.2, 0.25) is 0 Å². The number of nitrogens with one attached hydrogen (secondary N) is 1. The number of nitrogen functional groups attached to an aromatic ring is 1. The Morgan fingerprint density at radius 2 is 2.12 bits per heavy atom. The van der Waals surface area contributed by atoms with E-state index >= 15 is 0 Å². The first-order chi connectivity index (χ1) is 16.4. The lowest BCUT2D eigenvalue weighted by Gasteiger charge is -2.28. The lowest BCUT2D eigenvalue weighted by molar-refractivity contribution is -0.131. The third-order valence-corrected chi connectivity index (χ3v) is 5.91. The van der Waals surface area contributed by atoms with Crippen molar-refractivity contribution >= 4 is 17.4 Å². The molecule has 10 nitrogen and oxygen atoms in total. The van der Waals surface area contributed by atoms with Crippen molar-refractivity contribution in [2.24, 2.45) is 0 Å². The van der Waals surface area contributed by atoms with Crippen molar-refractivity contribution in [3.63, 3.8) is 0 Å². The number of carbonyl (C=O) groups excluding carboxylic acids is 1. The van der Waals surface area contributed by atoms with Crippen LogP contribution in [-0.2, 0) is 27.4 Å². The molecule has 2 aromatic rings. The van der Waals surface area contributed by atoms with Gasteiger partial charge in [0.25, 0.3) is 11.5 Å². The summed E-state index contributed by atoms with van der Waals surface area (Å²) >= 11 is 0. The van der Waals surface area contributed by atoms with Crippen molar-refractivity contribution in [1.82, 2.24) is 9.55 Å². The number of methoxy groups -OCH3 is 1. The number of nitrogens with zero attached hydrogens (tertiary/aromatic N) is 2. The van der Waals surface area contributed by atoms with Gasteiger partial charge in [0.1, 0.15) is 17.7 Å². The van der Waals surface area contributed by atoms with Crippen LogP contribution >= 0.6 is 0 Å². The van der Waals surface area contributed by atoms with Crippen LogP contribution in [0.5, 0.6) is 5.75 Å². The van der Waals surface area contributed by atoms with Gasteiger partial charge >= 0.3 is 5.69 Å². The molecule has 0 aliphatic carbocycles. The maximum Gasteiger partial charge on any atom is 0.330 e. The lowest BCUT2D eigenvalue weighted by atomic mass is 10.1. The van der Waals surface area contributed by atoms with Gasteiger partial charge in [-0.3, -0.25) is 24.0 Å². The number of amides is 1. The van der Waals surface area contributed by atoms with Gasteiger partial charge < -0.3 is 19.9 Å². The minimum atomic E-state index is -0.867. The zero-order valence-electron chi connectivity index (χ0n) is 20.0. The summed E-state index contributed by atoms with van der Waals surface area (Å²) < 4.78 is 18.1. The Balaban J connectivity index is 2.00. The summed E-state index contributed by atoms with van der Waals surface area (Å²) in [6.07, 6.45) is 2.44. The minimum Gasteiger partial charge on any atom is -0.496 e. The van der Waals surface area contributed by atoms with Crippen molar-refractivity contribution in [2.45, 2.75) is 64.8 Å². The monoisotopic (exact) mass is 474 g/mol. The number of anilines is 2. The van der Waals surface area contributed by atoms with Crippen molar-refractivity contribution in [1.29, 1.82) is 0 Å². The van der Waals surface area contributed by atoms with Gasteiger partial charge in [0.05, 0.1) is 26.4 Å². The Kier molecular flexibility index (Phi) is 8.89. The Labute approximate surface area is 198 Å². The molecule has 3 N–H and O–H groups in total. The number of hydrogen-bond acceptors (Lipinski definition) is 7. The molecule has 2 heterocycles. The van der Waals surface area contributed by atoms with Crippen molar-refractivity contribution < 1.29 is 19.0 Å². The number of hydrogen-bond donors (Lipinski definition) is 2. The van der Waals surface area contributed by atoms with Crippen LogP contribution in [0.25, 0.3) is 0 Å². The highest BCUT2D eigenvalue weighted by atomic mass is 16.5. The third kappa shape index (κ3) is 5.87. The number of benzene rings is 1. The Morgan fingerprint density at radius 3 is 2.79 bits per heavy atom. The summed E-state index contributed by atoms with van der Waals surface area (Å²) in [5, 5.41) is 0. The van der Waals surface area contributed by atoms with Gasteiger partial charge in [-0.2, -0.15) is 0 Å². The van der Waals surface area contributed by atoms with Crippen LogP contribution in [0.15, 0.2) is 33.9 Å². The van der Waals surface area contributed by atoms with Crippen molar-refractivity contribution in [3.05, 3.63) is 50.7 Å². The molecule has 1 amide bonds. The summed E-state index contributed by atoms with van der Waals surface area (Å²) in [5.74, 6) is 0.0427. The largest absolute Gasteiger partial charge is 0.496 e. The number of carbonyl (C=O) groups is 1. The third-order valence-electron chi connectivity index (χ3n) is 5.91. The van der Waals surface area contributed by atoms with Gasteiger partial charge in [0, 0.05) is 18.7 Å². The fourth-order valence-corrected chi connectivity index (χ4v) is 3.97. The van der Waals surface area contributed by atoms with E-state index in [1.165, 1.54) is 16.6 Å². The Morgan fingerprint density at radius 1 is 1.35 bits per heavy atom. The van der Waals surface area contributed by atoms with Crippen molar-refractivity contribution in [3.8, 4) is 5.75 Å². The van der Waals surface area contributed by atoms with E-state index in [-0.39, 0.29) is 30.8 Å². The smallest absolute Gasteiger partial charge is 0.330 e. The molecule has 1 aromatic heterocycles. The van der Waals surface area contributed by atoms with Crippen LogP contribution in [0.1, 0.15) is 45.1 Å². The molecule has 1 aromatic carbocycles. The maximum absolute atomic E-state index is 13.6. The summed E-state index contributed by atoms with van der Waals surface area (Å²) in [4.78, 5) is 42.5. The molecule has 1 aliphatic heterocycles. The number of ether oxygens (including phenoxy) is 3. The molecule has 0 bridgehead atoms. The number of aromatic amines is 1. The molecule has 1 saturated heterocycles. The molecule has 1 fully saturated rings. The second-order valence-electron chi connectivity index (χ2n) is 8.35. The number of H-pyrrole nitrogens is 1. The van der Waals surface area contributed by atoms with Gasteiger partial charge in [-0.15, -0.1) is 0 Å². The molecular weight excluding hydrogens is 440 g/mol. The number of para-hydroxylation sites is 1. The first-order valence-electron chi connectivity index (χ1n) is 11.7. The van der Waals surface area contributed by atoms with Crippen LogP contribution in [-0.4, -0.2) is 48.0 Å². The van der Waals surface area contributed by atoms with Gasteiger partial charge in [-0.1, -0.05) is 31.5 Å². The van der Waals surface area contributed by atoms with E-state index in [1.807, 2.05) is 19.1 Å². The van der Waals surface area contributed by atoms with Gasteiger partial charge in [-0.25, -0.2) is 4.79 Å². The van der Waals surface area contributed by atoms with Gasteiger partial charge in [0.2, 0.25) is 0 Å². The van der Waals surface area contributed by atoms with Gasteiger partial charge in [-0.05, 0) is 32.3 Å². The number of rotatable bonds is 11. The normalized spacial score (nSPS) is 16.4. The molecule has 3 rings (SSSR count). The second-order valence-corrected chi connectivity index (χ2v) is 8.35. The van der Waals surface area contributed by atoms with Crippen LogP contribution < -0.4 is 26.6 Å². The molecule has 34 heavy (non-hydrogen) atoms. The lowest BCUT2D eigenvalue weighted by Crippen LogP contribution is -2.45. The fourth-order valence-electron chi connectivity index (χ4n) is 3.97. The van der Waals surface area contributed by atoms with Crippen LogP contribution in [0.4, 0.5) is 11.5 Å². The van der Waals surface area contributed by atoms with E-state index in [1.54, 1.807) is 19.1 Å². The SMILES string of the molecule is CCCCn1c(N)c(N(Cc2ccccc2OC)C(=O)C(C)OCC2CCCO2)c(=O)[nH]c1=O. The predicted molar refractivity (Wildman–Crippen MR) is 129 cm³/mol. The number of unbranched alkanes of at least 4 members (excludes halogenated alkanes) is 1. The summed E-state index contributed by atoms with van der Waals surface area (Å²) in [7, 11) is 1.53. The summed E-state index contributed by atoms with van der Waals surface area (Å²) in [6.45, 7) is 4.91. The highest BCUT2D eigenvalue weighted by Crippen LogP contribution is 2.26. The molecule has 2 unspecified atom stereocenters. The highest BCUT2D eigenvalue weighted by molar-refractivity contribution is 5.98. The first-order valence-corrected chi connectivity index (χ1v) is 11.7. The topological polar surface area (TPSA) is 129 Å². The van der Waals surface area contributed by atoms with E-state index in [9.17, 15) is 14.4 Å². The molecule has 1 aliphatic rings. The molecule has 0 saturated carbocycles. The number of aromatic nitrogens is 2. The van der Waals surface area contributed by atoms with E-state index in [0.717, 1.165) is 19.3 Å². The van der Waals surface area contributed by atoms with Crippen LogP contribution in [0, 0.1) is 0 Å². The van der Waals surface area contributed by atoms with E-state index in [4.69, 9.17) is 19.9 Å². The summed E-state index contributed by atoms with van der Waals surface area (Å²) in [5.41, 5.74) is 5.57. The number of nitrogens with two attached hydrogens (primary N) is 1. The standard InChI is InChI=1S/C24H34N4O6/c1-4-5-12-27-21(25)20(22(29)26-24(27)31)28(14-17-9-6-7-11-19(17)32-3)23(30)16(2)34-15-18-10-8-13-33-18/h6-7,9,11,16,18H,4-5,8,10,12-15,25H2,1-3H3,(H,26,29,31). The van der Waals surface area contributed by atoms with Crippen LogP contribution in [0.3, 0.4) is 0 Å². The van der Waals surface area contributed by atoms with Gasteiger partial charge in [0.15, 0.2) is 5.69 Å². The van der Waals surface area contributed by atoms with Crippen molar-refractivity contribution in [2.75, 3.05) is 31.0 Å². The first kappa shape index (κ1) is 25.5. The Hall–Kier alpha value is -3.11. The molecular formula is C24H34N4O6. The van der Waals surface area contributed by atoms with E-state index in [2.05, 4.69) is 4.98 Å². The molecule has 2 atom stereocenters. The van der Waals surface area contributed by atoms with E-state index in [0.29, 0.717) is 30.9 Å². The predicted octanol–water partition coefficient (Wildman–Crippen LogP) is 2.04. The van der Waals surface area contributed by atoms with E-state index < -0.39 is 23.3 Å². The zero-order valence-corrected chi connectivity index (χ0v) is 20.0. The average Bonchev–Trinajstić information content (AvgIpc) is 3.35. The zero-order chi connectivity index (χ0) is 24.7. The Bertz CT molecular complexity index is 1090.